The molecule has 0 heterocycles. The zero-order chi connectivity index (χ0) is 38.9. The molecule has 0 saturated heterocycles. The molecule has 0 aromatic heterocycles. The molecule has 290 valence electrons. The van der Waals surface area contributed by atoms with Gasteiger partial charge in [-0.3, -0.25) is 9.80 Å². The maximum atomic E-state index is 13.5. The molecule has 0 aliphatic carbocycles. The summed E-state index contributed by atoms with van der Waals surface area (Å²) in [6.45, 7) is 9.95. The number of esters is 2. The second-order valence-corrected chi connectivity index (χ2v) is 13.9. The zero-order valence-corrected chi connectivity index (χ0v) is 32.2. The van der Waals surface area contributed by atoms with Gasteiger partial charge in [0.2, 0.25) is 0 Å². The van der Waals surface area contributed by atoms with Crippen LogP contribution in [0.5, 0.6) is 11.5 Å². The first-order valence-electron chi connectivity index (χ1n) is 17.1. The standard InChI is InChI=1S/C38H56N2O12/c1-37(2,3)51-35(43)39(25-45-7)31(23-27-13-17-29(47-9)18-14-27)33(41)49-21-11-12-22-50-34(42)32(24-28-15-19-30(48-10)20-16-28)40(26-46-8)36(44)52-38(4,5)6/h13-20,31-32H,11-12,21-26H2,1-10H3/t31-,32-/m0/s1. The Labute approximate surface area is 307 Å². The lowest BCUT2D eigenvalue weighted by Crippen LogP contribution is -2.50. The second kappa shape index (κ2) is 21.1. The van der Waals surface area contributed by atoms with E-state index in [9.17, 15) is 19.2 Å². The van der Waals surface area contributed by atoms with Crippen LogP contribution in [0.1, 0.15) is 65.5 Å². The molecule has 0 spiro atoms. The number of benzene rings is 2. The number of nitrogens with zero attached hydrogens (tertiary/aromatic N) is 2. The van der Waals surface area contributed by atoms with Crippen molar-refractivity contribution in [3.63, 3.8) is 0 Å². The van der Waals surface area contributed by atoms with Gasteiger partial charge in [-0.05, 0) is 89.8 Å². The molecule has 0 bridgehead atoms. The first kappa shape index (κ1) is 43.6. The van der Waals surface area contributed by atoms with Gasteiger partial charge in [0.1, 0.15) is 48.2 Å². The number of carbonyl (C=O) groups is 4. The van der Waals surface area contributed by atoms with Crippen LogP contribution in [-0.2, 0) is 50.9 Å². The summed E-state index contributed by atoms with van der Waals surface area (Å²) in [6, 6.07) is 12.1. The fourth-order valence-electron chi connectivity index (χ4n) is 4.81. The average molecular weight is 733 g/mol. The lowest BCUT2D eigenvalue weighted by molar-refractivity contribution is -0.154. The van der Waals surface area contributed by atoms with Gasteiger partial charge in [-0.2, -0.15) is 0 Å². The van der Waals surface area contributed by atoms with Crippen LogP contribution < -0.4 is 9.47 Å². The van der Waals surface area contributed by atoms with Gasteiger partial charge in [-0.15, -0.1) is 0 Å². The molecule has 0 aliphatic heterocycles. The quantitative estimate of drug-likeness (QED) is 0.0747. The topological polar surface area (TPSA) is 149 Å². The van der Waals surface area contributed by atoms with E-state index in [1.807, 2.05) is 0 Å². The van der Waals surface area contributed by atoms with Crippen LogP contribution in [0.15, 0.2) is 48.5 Å². The molecule has 0 radical (unpaired) electrons. The molecule has 14 nitrogen and oxygen atoms in total. The van der Waals surface area contributed by atoms with E-state index in [1.165, 1.54) is 24.0 Å². The van der Waals surface area contributed by atoms with E-state index in [-0.39, 0.29) is 39.5 Å². The Morgan fingerprint density at radius 2 is 0.885 bits per heavy atom. The van der Waals surface area contributed by atoms with Gasteiger partial charge in [0.15, 0.2) is 0 Å². The van der Waals surface area contributed by atoms with E-state index in [4.69, 9.17) is 37.9 Å². The van der Waals surface area contributed by atoms with Gasteiger partial charge in [0.25, 0.3) is 0 Å². The third-order valence-corrected chi connectivity index (χ3v) is 7.29. The summed E-state index contributed by atoms with van der Waals surface area (Å²) in [7, 11) is 5.94. The minimum absolute atomic E-state index is 0.00633. The maximum Gasteiger partial charge on any atom is 0.412 e. The van der Waals surface area contributed by atoms with Crippen molar-refractivity contribution < 1.29 is 57.1 Å². The molecule has 2 amide bonds. The highest BCUT2D eigenvalue weighted by atomic mass is 16.6. The average Bonchev–Trinajstić information content (AvgIpc) is 3.08. The van der Waals surface area contributed by atoms with Crippen LogP contribution in [0.25, 0.3) is 0 Å². The number of amides is 2. The van der Waals surface area contributed by atoms with Crippen LogP contribution in [0.3, 0.4) is 0 Å². The second-order valence-electron chi connectivity index (χ2n) is 13.9. The van der Waals surface area contributed by atoms with Crippen molar-refractivity contribution in [2.24, 2.45) is 0 Å². The summed E-state index contributed by atoms with van der Waals surface area (Å²) in [5.41, 5.74) is -0.0956. The molecule has 2 aromatic carbocycles. The molecule has 0 saturated carbocycles. The summed E-state index contributed by atoms with van der Waals surface area (Å²) >= 11 is 0. The Balaban J connectivity index is 2.12. The van der Waals surface area contributed by atoms with Gasteiger partial charge in [-0.1, -0.05) is 24.3 Å². The number of rotatable bonds is 19. The normalized spacial score (nSPS) is 12.6. The van der Waals surface area contributed by atoms with Crippen molar-refractivity contribution in [3.05, 3.63) is 59.7 Å². The van der Waals surface area contributed by atoms with Crippen LogP contribution >= 0.6 is 0 Å². The number of methoxy groups -OCH3 is 4. The highest BCUT2D eigenvalue weighted by Crippen LogP contribution is 2.21. The van der Waals surface area contributed by atoms with E-state index in [0.717, 1.165) is 11.1 Å². The van der Waals surface area contributed by atoms with Gasteiger partial charge in [-0.25, -0.2) is 19.2 Å². The summed E-state index contributed by atoms with van der Waals surface area (Å²) < 4.78 is 43.4. The van der Waals surface area contributed by atoms with Crippen molar-refractivity contribution in [2.75, 3.05) is 55.1 Å². The van der Waals surface area contributed by atoms with E-state index in [2.05, 4.69) is 0 Å². The van der Waals surface area contributed by atoms with Gasteiger partial charge in [0.05, 0.1) is 27.4 Å². The Kier molecular flexibility index (Phi) is 17.7. The molecule has 0 N–H and O–H groups in total. The summed E-state index contributed by atoms with van der Waals surface area (Å²) in [6.07, 6.45) is -0.489. The van der Waals surface area contributed by atoms with Crippen molar-refractivity contribution in [3.8, 4) is 11.5 Å². The van der Waals surface area contributed by atoms with Gasteiger partial charge < -0.3 is 37.9 Å². The lowest BCUT2D eigenvalue weighted by Gasteiger charge is -2.32. The Morgan fingerprint density at radius 3 is 1.15 bits per heavy atom. The van der Waals surface area contributed by atoms with Crippen molar-refractivity contribution in [2.45, 2.75) is 90.5 Å². The Hall–Kier alpha value is -4.56. The molecule has 14 heteroatoms. The molecule has 0 aliphatic rings. The highest BCUT2D eigenvalue weighted by molar-refractivity contribution is 5.82. The van der Waals surface area contributed by atoms with Crippen LogP contribution in [-0.4, -0.2) is 112 Å². The summed E-state index contributed by atoms with van der Waals surface area (Å²) in [5, 5.41) is 0. The maximum absolute atomic E-state index is 13.5. The predicted molar refractivity (Wildman–Crippen MR) is 192 cm³/mol. The molecule has 2 atom stereocenters. The zero-order valence-electron chi connectivity index (χ0n) is 32.2. The van der Waals surface area contributed by atoms with Crippen LogP contribution in [0, 0.1) is 0 Å². The van der Waals surface area contributed by atoms with E-state index in [1.54, 1.807) is 104 Å². The van der Waals surface area contributed by atoms with Crippen molar-refractivity contribution in [1.29, 1.82) is 0 Å². The van der Waals surface area contributed by atoms with E-state index < -0.39 is 47.4 Å². The van der Waals surface area contributed by atoms with E-state index >= 15 is 0 Å². The minimum Gasteiger partial charge on any atom is -0.497 e. The molecule has 2 rings (SSSR count). The Bertz CT molecular complexity index is 1290. The molecular weight excluding hydrogens is 676 g/mol. The fraction of sp³-hybridized carbons (Fsp3) is 0.579. The van der Waals surface area contributed by atoms with Crippen molar-refractivity contribution >= 4 is 24.1 Å². The largest absolute Gasteiger partial charge is 0.497 e. The Morgan fingerprint density at radius 1 is 0.558 bits per heavy atom. The smallest absolute Gasteiger partial charge is 0.412 e. The number of hydrogen-bond donors (Lipinski definition) is 0. The third-order valence-electron chi connectivity index (χ3n) is 7.29. The van der Waals surface area contributed by atoms with E-state index in [0.29, 0.717) is 24.3 Å². The molecule has 0 unspecified atom stereocenters. The predicted octanol–water partition coefficient (Wildman–Crippen LogP) is 5.77. The lowest BCUT2D eigenvalue weighted by atomic mass is 10.0. The molecule has 2 aromatic rings. The molecular formula is C38H56N2O12. The van der Waals surface area contributed by atoms with Crippen LogP contribution in [0.4, 0.5) is 9.59 Å². The first-order chi connectivity index (χ1) is 24.5. The fourth-order valence-corrected chi connectivity index (χ4v) is 4.81. The van der Waals surface area contributed by atoms with Crippen LogP contribution in [0.2, 0.25) is 0 Å². The number of ether oxygens (including phenoxy) is 8. The van der Waals surface area contributed by atoms with Crippen molar-refractivity contribution in [1.82, 2.24) is 9.80 Å². The van der Waals surface area contributed by atoms with Gasteiger partial charge >= 0.3 is 24.1 Å². The minimum atomic E-state index is -1.06. The van der Waals surface area contributed by atoms with Gasteiger partial charge in [0, 0.05) is 27.1 Å². The monoisotopic (exact) mass is 732 g/mol. The molecule has 52 heavy (non-hydrogen) atoms. The summed E-state index contributed by atoms with van der Waals surface area (Å²) in [5.74, 6) is -0.00813. The number of carbonyl (C=O) groups excluding carboxylic acids is 4. The third kappa shape index (κ3) is 15.4. The first-order valence-corrected chi connectivity index (χ1v) is 17.1. The number of hydrogen-bond acceptors (Lipinski definition) is 12. The molecule has 0 fully saturated rings. The number of unbranched alkanes of at least 4 members (excludes halogenated alkanes) is 1. The SMILES string of the molecule is COCN(C(=O)OC(C)(C)C)[C@@H](Cc1ccc(OC)cc1)C(=O)OCCCCOC(=O)[C@H](Cc1ccc(OC)cc1)N(COC)C(=O)OC(C)(C)C. The highest BCUT2D eigenvalue weighted by Gasteiger charge is 2.36. The summed E-state index contributed by atoms with van der Waals surface area (Å²) in [4.78, 5) is 55.7.